The molecule has 23 heavy (non-hydrogen) atoms. The molecule has 2 rings (SSSR count). The highest BCUT2D eigenvalue weighted by Gasteiger charge is 2.13. The zero-order valence-electron chi connectivity index (χ0n) is 13.9. The van der Waals surface area contributed by atoms with Gasteiger partial charge in [0.15, 0.2) is 0 Å². The summed E-state index contributed by atoms with van der Waals surface area (Å²) in [5.41, 5.74) is 3.27. The van der Waals surface area contributed by atoms with E-state index < -0.39 is 0 Å². The minimum Gasteiger partial charge on any atom is -0.324 e. The number of aryl methyl sites for hydroxylation is 2. The van der Waals surface area contributed by atoms with Crippen molar-refractivity contribution in [2.24, 2.45) is 0 Å². The van der Waals surface area contributed by atoms with Crippen LogP contribution in [-0.2, 0) is 17.8 Å². The van der Waals surface area contributed by atoms with Crippen molar-refractivity contribution in [1.29, 1.82) is 0 Å². The van der Waals surface area contributed by atoms with E-state index in [1.807, 2.05) is 19.1 Å². The largest absolute Gasteiger partial charge is 0.324 e. The standard InChI is InChI=1S/C18H23BrN2OS/c1-4-14-8-6-7-13(3)18(14)20-17(22)12-21(5-2)11-15-9-10-16(19)23-15/h6-10H,4-5,11-12H2,1-3H3,(H,20,22). The van der Waals surface area contributed by atoms with Crippen molar-refractivity contribution in [1.82, 2.24) is 4.90 Å². The Morgan fingerprint density at radius 3 is 2.65 bits per heavy atom. The predicted molar refractivity (Wildman–Crippen MR) is 102 cm³/mol. The number of anilines is 1. The summed E-state index contributed by atoms with van der Waals surface area (Å²) < 4.78 is 1.13. The first-order valence-corrected chi connectivity index (χ1v) is 9.49. The molecule has 5 heteroatoms. The van der Waals surface area contributed by atoms with Crippen LogP contribution in [0, 0.1) is 6.92 Å². The maximum Gasteiger partial charge on any atom is 0.238 e. The molecule has 1 amide bonds. The summed E-state index contributed by atoms with van der Waals surface area (Å²) >= 11 is 5.20. The molecule has 0 atom stereocenters. The number of carbonyl (C=O) groups is 1. The van der Waals surface area contributed by atoms with Crippen LogP contribution >= 0.6 is 27.3 Å². The first-order valence-electron chi connectivity index (χ1n) is 7.88. The Hall–Kier alpha value is -1.17. The number of carbonyl (C=O) groups excluding carboxylic acids is 1. The summed E-state index contributed by atoms with van der Waals surface area (Å²) in [6.45, 7) is 8.28. The normalized spacial score (nSPS) is 11.0. The third kappa shape index (κ3) is 5.16. The minimum atomic E-state index is 0.0477. The summed E-state index contributed by atoms with van der Waals surface area (Å²) in [5, 5.41) is 3.10. The summed E-state index contributed by atoms with van der Waals surface area (Å²) in [7, 11) is 0. The van der Waals surface area contributed by atoms with Crippen LogP contribution < -0.4 is 5.32 Å². The van der Waals surface area contributed by atoms with Crippen LogP contribution in [0.3, 0.4) is 0 Å². The SMILES string of the molecule is CCc1cccc(C)c1NC(=O)CN(CC)Cc1ccc(Br)s1. The van der Waals surface area contributed by atoms with E-state index in [9.17, 15) is 4.79 Å². The van der Waals surface area contributed by atoms with Gasteiger partial charge in [-0.2, -0.15) is 0 Å². The second-order valence-electron chi connectivity index (χ2n) is 5.52. The molecule has 3 nitrogen and oxygen atoms in total. The molecule has 1 aromatic heterocycles. The Labute approximate surface area is 150 Å². The van der Waals surface area contributed by atoms with Gasteiger partial charge in [-0.05, 0) is 59.1 Å². The van der Waals surface area contributed by atoms with E-state index in [0.29, 0.717) is 6.54 Å². The van der Waals surface area contributed by atoms with Gasteiger partial charge in [-0.15, -0.1) is 11.3 Å². The zero-order valence-corrected chi connectivity index (χ0v) is 16.3. The molecule has 0 unspecified atom stereocenters. The molecule has 0 aliphatic rings. The van der Waals surface area contributed by atoms with Crippen LogP contribution in [0.2, 0.25) is 0 Å². The lowest BCUT2D eigenvalue weighted by molar-refractivity contribution is -0.117. The van der Waals surface area contributed by atoms with Crippen LogP contribution in [0.4, 0.5) is 5.69 Å². The summed E-state index contributed by atoms with van der Waals surface area (Å²) in [6.07, 6.45) is 0.915. The van der Waals surface area contributed by atoms with Crippen LogP contribution in [0.15, 0.2) is 34.1 Å². The van der Waals surface area contributed by atoms with Crippen LogP contribution in [0.25, 0.3) is 0 Å². The topological polar surface area (TPSA) is 32.3 Å². The molecule has 1 heterocycles. The van der Waals surface area contributed by atoms with Crippen molar-refractivity contribution in [2.75, 3.05) is 18.4 Å². The minimum absolute atomic E-state index is 0.0477. The first kappa shape index (κ1) is 18.2. The average molecular weight is 395 g/mol. The number of thiophene rings is 1. The number of para-hydroxylation sites is 1. The molecule has 0 spiro atoms. The average Bonchev–Trinajstić information content (AvgIpc) is 2.93. The molecule has 2 aromatic rings. The van der Waals surface area contributed by atoms with E-state index in [2.05, 4.69) is 58.2 Å². The molecule has 124 valence electrons. The van der Waals surface area contributed by atoms with Gasteiger partial charge in [-0.25, -0.2) is 0 Å². The molecule has 0 bridgehead atoms. The molecular weight excluding hydrogens is 372 g/mol. The second-order valence-corrected chi connectivity index (χ2v) is 8.07. The van der Waals surface area contributed by atoms with E-state index in [1.54, 1.807) is 11.3 Å². The van der Waals surface area contributed by atoms with Gasteiger partial charge in [-0.1, -0.05) is 32.0 Å². The van der Waals surface area contributed by atoms with Crippen molar-refractivity contribution in [2.45, 2.75) is 33.7 Å². The quantitative estimate of drug-likeness (QED) is 0.728. The number of nitrogens with zero attached hydrogens (tertiary/aromatic N) is 1. The Bertz CT molecular complexity index is 669. The highest BCUT2D eigenvalue weighted by atomic mass is 79.9. The third-order valence-electron chi connectivity index (χ3n) is 3.83. The van der Waals surface area contributed by atoms with Gasteiger partial charge < -0.3 is 5.32 Å². The van der Waals surface area contributed by atoms with Gasteiger partial charge in [-0.3, -0.25) is 9.69 Å². The summed E-state index contributed by atoms with van der Waals surface area (Å²) in [4.78, 5) is 15.9. The smallest absolute Gasteiger partial charge is 0.238 e. The fourth-order valence-electron chi connectivity index (χ4n) is 2.52. The van der Waals surface area contributed by atoms with Crippen LogP contribution in [0.5, 0.6) is 0 Å². The lowest BCUT2D eigenvalue weighted by atomic mass is 10.1. The van der Waals surface area contributed by atoms with Crippen LogP contribution in [0.1, 0.15) is 29.9 Å². The first-order chi connectivity index (χ1) is 11.0. The Balaban J connectivity index is 2.00. The number of rotatable bonds is 7. The van der Waals surface area contributed by atoms with Gasteiger partial charge in [0, 0.05) is 17.1 Å². The fourth-order valence-corrected chi connectivity index (χ4v) is 4.05. The number of benzene rings is 1. The molecule has 0 saturated heterocycles. The summed E-state index contributed by atoms with van der Waals surface area (Å²) in [5.74, 6) is 0.0477. The number of hydrogen-bond acceptors (Lipinski definition) is 3. The lowest BCUT2D eigenvalue weighted by Gasteiger charge is -2.20. The highest BCUT2D eigenvalue weighted by Crippen LogP contribution is 2.24. The van der Waals surface area contributed by atoms with E-state index in [0.717, 1.165) is 34.5 Å². The third-order valence-corrected chi connectivity index (χ3v) is 5.44. The van der Waals surface area contributed by atoms with E-state index in [1.165, 1.54) is 10.4 Å². The molecule has 0 radical (unpaired) electrons. The Kier molecular flexibility index (Phi) is 6.81. The van der Waals surface area contributed by atoms with Crippen molar-refractivity contribution in [3.63, 3.8) is 0 Å². The fraction of sp³-hybridized carbons (Fsp3) is 0.389. The number of amides is 1. The molecule has 0 saturated carbocycles. The van der Waals surface area contributed by atoms with Gasteiger partial charge in [0.1, 0.15) is 0 Å². The number of nitrogens with one attached hydrogen (secondary N) is 1. The summed E-state index contributed by atoms with van der Waals surface area (Å²) in [6, 6.07) is 10.3. The van der Waals surface area contributed by atoms with Crippen molar-refractivity contribution >= 4 is 38.9 Å². The Morgan fingerprint density at radius 1 is 1.26 bits per heavy atom. The maximum atomic E-state index is 12.4. The lowest BCUT2D eigenvalue weighted by Crippen LogP contribution is -2.32. The van der Waals surface area contributed by atoms with Gasteiger partial charge in [0.05, 0.1) is 10.3 Å². The molecule has 0 aliphatic heterocycles. The Morgan fingerprint density at radius 2 is 2.04 bits per heavy atom. The molecule has 1 N–H and O–H groups in total. The number of hydrogen-bond donors (Lipinski definition) is 1. The number of likely N-dealkylation sites (N-methyl/N-ethyl adjacent to an activating group) is 1. The van der Waals surface area contributed by atoms with Crippen LogP contribution in [-0.4, -0.2) is 23.9 Å². The predicted octanol–water partition coefficient (Wildman–Crippen LogP) is 4.84. The van der Waals surface area contributed by atoms with E-state index >= 15 is 0 Å². The van der Waals surface area contributed by atoms with E-state index in [-0.39, 0.29) is 5.91 Å². The number of halogens is 1. The second kappa shape index (κ2) is 8.62. The highest BCUT2D eigenvalue weighted by molar-refractivity contribution is 9.11. The molecule has 1 aromatic carbocycles. The van der Waals surface area contributed by atoms with Gasteiger partial charge >= 0.3 is 0 Å². The monoisotopic (exact) mass is 394 g/mol. The molecule has 0 fully saturated rings. The molecular formula is C18H23BrN2OS. The molecule has 0 aliphatic carbocycles. The zero-order chi connectivity index (χ0) is 16.8. The van der Waals surface area contributed by atoms with Crippen molar-refractivity contribution in [3.05, 3.63) is 50.1 Å². The van der Waals surface area contributed by atoms with Crippen molar-refractivity contribution in [3.8, 4) is 0 Å². The maximum absolute atomic E-state index is 12.4. The van der Waals surface area contributed by atoms with Crippen molar-refractivity contribution < 1.29 is 4.79 Å². The van der Waals surface area contributed by atoms with Gasteiger partial charge in [0.25, 0.3) is 0 Å². The van der Waals surface area contributed by atoms with E-state index in [4.69, 9.17) is 0 Å². The van der Waals surface area contributed by atoms with Gasteiger partial charge in [0.2, 0.25) is 5.91 Å².